The van der Waals surface area contributed by atoms with Crippen molar-refractivity contribution in [1.29, 1.82) is 0 Å². The van der Waals surface area contributed by atoms with E-state index in [0.29, 0.717) is 0 Å². The van der Waals surface area contributed by atoms with Crippen LogP contribution in [0.25, 0.3) is 9.44 Å². The smallest absolute Gasteiger partial charge is 0.509 e. The standard InChI is InChI=1S/2C4H5NO4S.2H2O.Zn/c2*1-3-2-4(6)5-10(7,8)9-3;;;/h2*2H,1H3,(H,5,6);2*1H2;/q;;;;+2/p-2. The summed E-state index contributed by atoms with van der Waals surface area (Å²) in [4.78, 5) is 20.8. The van der Waals surface area contributed by atoms with Gasteiger partial charge in [-0.1, -0.05) is 0 Å². The molecule has 2 amide bonds. The Morgan fingerprint density at radius 1 is 0.783 bits per heavy atom. The molecule has 0 atom stereocenters. The molecule has 2 rings (SSSR count). The number of carbonyl (C=O) groups is 2. The van der Waals surface area contributed by atoms with Crippen molar-refractivity contribution < 1.29 is 65.2 Å². The van der Waals surface area contributed by atoms with Crippen molar-refractivity contribution in [1.82, 2.24) is 0 Å². The van der Waals surface area contributed by atoms with Crippen LogP contribution in [0.4, 0.5) is 0 Å². The zero-order chi connectivity index (χ0) is 15.6. The molecule has 128 valence electrons. The van der Waals surface area contributed by atoms with Crippen molar-refractivity contribution in [2.24, 2.45) is 0 Å². The van der Waals surface area contributed by atoms with E-state index in [1.165, 1.54) is 13.8 Å². The summed E-state index contributed by atoms with van der Waals surface area (Å²) in [5.74, 6) is -1.52. The van der Waals surface area contributed by atoms with Gasteiger partial charge in [0.1, 0.15) is 11.5 Å². The van der Waals surface area contributed by atoms with Crippen molar-refractivity contribution in [3.05, 3.63) is 33.1 Å². The predicted octanol–water partition coefficient (Wildman–Crippen LogP) is -1.52. The number of rotatable bonds is 0. The first-order valence-corrected chi connectivity index (χ1v) is 7.51. The van der Waals surface area contributed by atoms with E-state index in [-0.39, 0.29) is 41.9 Å². The quantitative estimate of drug-likeness (QED) is 0.414. The van der Waals surface area contributed by atoms with E-state index in [0.717, 1.165) is 12.2 Å². The van der Waals surface area contributed by atoms with Gasteiger partial charge in [0.05, 0.1) is 11.8 Å². The summed E-state index contributed by atoms with van der Waals surface area (Å²) >= 11 is 0. The second-order valence-electron chi connectivity index (χ2n) is 3.39. The number of carbonyl (C=O) groups excluding carboxylic acids is 2. The summed E-state index contributed by atoms with van der Waals surface area (Å²) in [6.07, 6.45) is 2.00. The number of allylic oxidation sites excluding steroid dienone is 2. The third-order valence-corrected chi connectivity index (χ3v) is 3.28. The van der Waals surface area contributed by atoms with Crippen LogP contribution in [-0.2, 0) is 58.0 Å². The average molecular weight is 426 g/mol. The second-order valence-corrected chi connectivity index (χ2v) is 5.80. The minimum atomic E-state index is -3.97. The van der Waals surface area contributed by atoms with Gasteiger partial charge in [-0.25, -0.2) is 16.8 Å². The van der Waals surface area contributed by atoms with Crippen molar-refractivity contribution >= 4 is 32.4 Å². The van der Waals surface area contributed by atoms with E-state index in [2.05, 4.69) is 17.8 Å². The maximum absolute atomic E-state index is 10.4. The average Bonchev–Trinajstić information content (AvgIpc) is 2.08. The third kappa shape index (κ3) is 9.96. The molecular weight excluding hydrogens is 414 g/mol. The Balaban J connectivity index is -0.000000308. The molecule has 2 aliphatic rings. The van der Waals surface area contributed by atoms with Gasteiger partial charge in [0, 0.05) is 12.2 Å². The molecule has 0 unspecified atom stereocenters. The van der Waals surface area contributed by atoms with Crippen molar-refractivity contribution in [3.8, 4) is 0 Å². The van der Waals surface area contributed by atoms with Gasteiger partial charge < -0.3 is 38.4 Å². The Hall–Kier alpha value is -1.54. The fourth-order valence-corrected chi connectivity index (χ4v) is 2.42. The maximum atomic E-state index is 10.4. The molecule has 23 heavy (non-hydrogen) atoms. The summed E-state index contributed by atoms with van der Waals surface area (Å²) in [6.45, 7) is 2.73. The topological polar surface area (TPSA) is 212 Å². The number of hydrogen-bond donors (Lipinski definition) is 0. The maximum Gasteiger partial charge on any atom is 2.00 e. The molecular formula is C8H12N2O10S2Zn. The molecule has 4 N–H and O–H groups in total. The summed E-state index contributed by atoms with van der Waals surface area (Å²) in [5, 5.41) is 0. The van der Waals surface area contributed by atoms with Gasteiger partial charge in [-0.3, -0.25) is 0 Å². The van der Waals surface area contributed by atoms with E-state index in [1.807, 2.05) is 0 Å². The predicted molar refractivity (Wildman–Crippen MR) is 71.5 cm³/mol. The summed E-state index contributed by atoms with van der Waals surface area (Å²) in [5.41, 5.74) is 0. The molecule has 0 aliphatic carbocycles. The fraction of sp³-hybridized carbons (Fsp3) is 0.250. The largest absolute Gasteiger partial charge is 2.00 e. The molecule has 2 aliphatic heterocycles. The number of nitrogens with zero attached hydrogens (tertiary/aromatic N) is 2. The zero-order valence-corrected chi connectivity index (χ0v) is 16.4. The summed E-state index contributed by atoms with van der Waals surface area (Å²) < 4.78 is 55.5. The molecule has 12 nitrogen and oxygen atoms in total. The summed E-state index contributed by atoms with van der Waals surface area (Å²) in [6, 6.07) is 0. The van der Waals surface area contributed by atoms with Gasteiger partial charge in [0.15, 0.2) is 0 Å². The van der Waals surface area contributed by atoms with Crippen LogP contribution in [0, 0.1) is 0 Å². The van der Waals surface area contributed by atoms with Crippen LogP contribution in [0.3, 0.4) is 0 Å². The molecule has 0 saturated carbocycles. The van der Waals surface area contributed by atoms with Crippen LogP contribution >= 0.6 is 0 Å². The molecule has 0 fully saturated rings. The minimum absolute atomic E-state index is 0. The molecule has 2 heterocycles. The first-order valence-electron chi connectivity index (χ1n) is 4.78. The normalized spacial score (nSPS) is 19.6. The van der Waals surface area contributed by atoms with Crippen LogP contribution in [-0.4, -0.2) is 39.6 Å². The molecule has 0 bridgehead atoms. The van der Waals surface area contributed by atoms with E-state index >= 15 is 0 Å². The minimum Gasteiger partial charge on any atom is -0.509 e. The molecule has 0 aromatic heterocycles. The van der Waals surface area contributed by atoms with E-state index in [1.54, 1.807) is 0 Å². The molecule has 0 aromatic rings. The Morgan fingerprint density at radius 2 is 1.04 bits per heavy atom. The van der Waals surface area contributed by atoms with Gasteiger partial charge in [0.2, 0.25) is 0 Å². The van der Waals surface area contributed by atoms with E-state index < -0.39 is 32.4 Å². The Morgan fingerprint density at radius 3 is 1.22 bits per heavy atom. The molecule has 0 radical (unpaired) electrons. The Kier molecular flexibility index (Phi) is 11.0. The first-order chi connectivity index (χ1) is 8.99. The second kappa shape index (κ2) is 9.57. The summed E-state index contributed by atoms with van der Waals surface area (Å²) in [7, 11) is -7.95. The third-order valence-electron chi connectivity index (χ3n) is 1.53. The van der Waals surface area contributed by atoms with E-state index in [4.69, 9.17) is 0 Å². The Labute approximate surface area is 144 Å². The Bertz CT molecular complexity index is 647. The van der Waals surface area contributed by atoms with Gasteiger partial charge >= 0.3 is 19.5 Å². The molecule has 0 spiro atoms. The first kappa shape index (κ1) is 26.4. The molecule has 0 aromatic carbocycles. The van der Waals surface area contributed by atoms with Gasteiger partial charge in [-0.2, -0.15) is 0 Å². The molecule has 0 saturated heterocycles. The van der Waals surface area contributed by atoms with E-state index in [9.17, 15) is 26.4 Å². The van der Waals surface area contributed by atoms with Crippen LogP contribution in [0.2, 0.25) is 0 Å². The van der Waals surface area contributed by atoms with Gasteiger partial charge in [0.25, 0.3) is 20.6 Å². The van der Waals surface area contributed by atoms with Crippen molar-refractivity contribution in [2.75, 3.05) is 0 Å². The zero-order valence-electron chi connectivity index (χ0n) is 11.8. The SMILES string of the molecule is CC1=CC(=O)[N-]S(=O)(=O)O1.CC1=CC(=O)[N-]S(=O)(=O)O1.O.O.[Zn+2]. The van der Waals surface area contributed by atoms with Crippen LogP contribution in [0.15, 0.2) is 23.7 Å². The van der Waals surface area contributed by atoms with Crippen LogP contribution in [0.1, 0.15) is 13.8 Å². The van der Waals surface area contributed by atoms with Crippen molar-refractivity contribution in [2.45, 2.75) is 13.8 Å². The number of amides is 2. The molecule has 15 heteroatoms. The van der Waals surface area contributed by atoms with Crippen LogP contribution < -0.4 is 0 Å². The van der Waals surface area contributed by atoms with Gasteiger partial charge in [-0.15, -0.1) is 0 Å². The van der Waals surface area contributed by atoms with Crippen LogP contribution in [0.5, 0.6) is 0 Å². The monoisotopic (exact) mass is 424 g/mol. The van der Waals surface area contributed by atoms with Gasteiger partial charge in [-0.05, 0) is 13.8 Å². The van der Waals surface area contributed by atoms with Crippen molar-refractivity contribution in [3.63, 3.8) is 0 Å². The number of hydrogen-bond acceptors (Lipinski definition) is 8. The fourth-order valence-electron chi connectivity index (χ4n) is 1.04.